The molecule has 134 valence electrons. The molecule has 1 aliphatic rings. The molecule has 0 radical (unpaired) electrons. The summed E-state index contributed by atoms with van der Waals surface area (Å²) in [7, 11) is 3.58. The fraction of sp³-hybridized carbons (Fsp3) is 0.474. The largest absolute Gasteiger partial charge is 0.496 e. The standard InChI is InChI=1S/C19H27N5O/c1-13-10-18(20-2)24-19(22-13)23-16-6-7-17(25-3)15(11-16)5-4-14-8-9-21-12-14/h6-7,10-11,14,21H,4-5,8-9,12H2,1-3H3,(H2,20,22,23,24)/t14-/m0/s1. The number of hydrogen-bond donors (Lipinski definition) is 3. The van der Waals surface area contributed by atoms with Crippen LogP contribution in [0.15, 0.2) is 24.3 Å². The lowest BCUT2D eigenvalue weighted by Gasteiger charge is -2.14. The molecule has 1 fully saturated rings. The van der Waals surface area contributed by atoms with Gasteiger partial charge >= 0.3 is 0 Å². The predicted molar refractivity (Wildman–Crippen MR) is 102 cm³/mol. The maximum absolute atomic E-state index is 5.54. The minimum absolute atomic E-state index is 0.598. The maximum Gasteiger partial charge on any atom is 0.229 e. The molecule has 3 N–H and O–H groups in total. The second kappa shape index (κ2) is 8.16. The summed E-state index contributed by atoms with van der Waals surface area (Å²) in [5.41, 5.74) is 3.12. The number of nitrogens with one attached hydrogen (secondary N) is 3. The molecule has 2 heterocycles. The summed E-state index contributed by atoms with van der Waals surface area (Å²) in [6.45, 7) is 4.23. The molecule has 0 bridgehead atoms. The van der Waals surface area contributed by atoms with Gasteiger partial charge in [0.15, 0.2) is 0 Å². The molecule has 6 nitrogen and oxygen atoms in total. The number of hydrogen-bond acceptors (Lipinski definition) is 6. The summed E-state index contributed by atoms with van der Waals surface area (Å²) < 4.78 is 5.54. The average molecular weight is 341 g/mol. The maximum atomic E-state index is 5.54. The molecule has 0 aliphatic carbocycles. The van der Waals surface area contributed by atoms with Gasteiger partial charge in [-0.05, 0) is 69.0 Å². The number of aromatic nitrogens is 2. The van der Waals surface area contributed by atoms with Gasteiger partial charge in [0.2, 0.25) is 5.95 Å². The van der Waals surface area contributed by atoms with Crippen molar-refractivity contribution in [1.82, 2.24) is 15.3 Å². The quantitative estimate of drug-likeness (QED) is 0.719. The summed E-state index contributed by atoms with van der Waals surface area (Å²) in [6, 6.07) is 8.08. The Hall–Kier alpha value is -2.34. The number of rotatable bonds is 7. The predicted octanol–water partition coefficient (Wildman–Crippen LogP) is 3.12. The number of ether oxygens (including phenoxy) is 1. The van der Waals surface area contributed by atoms with Crippen LogP contribution in [0, 0.1) is 12.8 Å². The molecule has 25 heavy (non-hydrogen) atoms. The molecule has 1 aliphatic heterocycles. The third-order valence-electron chi connectivity index (χ3n) is 4.63. The molecular weight excluding hydrogens is 314 g/mol. The van der Waals surface area contributed by atoms with E-state index in [-0.39, 0.29) is 0 Å². The van der Waals surface area contributed by atoms with Gasteiger partial charge in [-0.25, -0.2) is 4.98 Å². The van der Waals surface area contributed by atoms with E-state index in [0.29, 0.717) is 5.95 Å². The van der Waals surface area contributed by atoms with Gasteiger partial charge < -0.3 is 20.7 Å². The van der Waals surface area contributed by atoms with Crippen molar-refractivity contribution in [3.8, 4) is 5.75 Å². The molecule has 1 aromatic heterocycles. The highest BCUT2D eigenvalue weighted by atomic mass is 16.5. The third kappa shape index (κ3) is 4.60. The Morgan fingerprint density at radius 3 is 2.88 bits per heavy atom. The van der Waals surface area contributed by atoms with Crippen LogP contribution in [-0.4, -0.2) is 37.2 Å². The molecule has 2 aromatic rings. The van der Waals surface area contributed by atoms with Gasteiger partial charge in [0.05, 0.1) is 7.11 Å². The number of benzene rings is 1. The van der Waals surface area contributed by atoms with Gasteiger partial charge in [0.1, 0.15) is 11.6 Å². The summed E-state index contributed by atoms with van der Waals surface area (Å²) in [6.07, 6.45) is 3.46. The van der Waals surface area contributed by atoms with Crippen molar-refractivity contribution in [3.63, 3.8) is 0 Å². The van der Waals surface area contributed by atoms with E-state index in [1.165, 1.54) is 18.4 Å². The van der Waals surface area contributed by atoms with Crippen LogP contribution in [0.4, 0.5) is 17.5 Å². The summed E-state index contributed by atoms with van der Waals surface area (Å²) in [5.74, 6) is 3.11. The Balaban J connectivity index is 1.75. The van der Waals surface area contributed by atoms with Gasteiger partial charge in [-0.15, -0.1) is 0 Å². The summed E-state index contributed by atoms with van der Waals surface area (Å²) in [4.78, 5) is 8.91. The molecule has 3 rings (SSSR count). The minimum Gasteiger partial charge on any atom is -0.496 e. The van der Waals surface area contributed by atoms with Crippen molar-refractivity contribution >= 4 is 17.5 Å². The first-order valence-corrected chi connectivity index (χ1v) is 8.86. The van der Waals surface area contributed by atoms with Crippen molar-refractivity contribution in [2.75, 3.05) is 37.9 Å². The van der Waals surface area contributed by atoms with Gasteiger partial charge in [0.25, 0.3) is 0 Å². The van der Waals surface area contributed by atoms with Crippen LogP contribution in [0.25, 0.3) is 0 Å². The Bertz CT molecular complexity index is 713. The second-order valence-corrected chi connectivity index (χ2v) is 6.52. The lowest BCUT2D eigenvalue weighted by Crippen LogP contribution is -2.09. The van der Waals surface area contributed by atoms with E-state index in [1.54, 1.807) is 7.11 Å². The van der Waals surface area contributed by atoms with Crippen LogP contribution in [0.3, 0.4) is 0 Å². The van der Waals surface area contributed by atoms with Crippen LogP contribution in [0.2, 0.25) is 0 Å². The minimum atomic E-state index is 0.598. The molecule has 0 saturated carbocycles. The molecule has 0 amide bonds. The second-order valence-electron chi connectivity index (χ2n) is 6.52. The Kier molecular flexibility index (Phi) is 5.71. The van der Waals surface area contributed by atoms with Crippen molar-refractivity contribution in [3.05, 3.63) is 35.5 Å². The first-order valence-electron chi connectivity index (χ1n) is 8.86. The fourth-order valence-corrected chi connectivity index (χ4v) is 3.25. The van der Waals surface area contributed by atoms with Crippen LogP contribution in [-0.2, 0) is 6.42 Å². The first kappa shape index (κ1) is 17.5. The zero-order valence-electron chi connectivity index (χ0n) is 15.2. The number of nitrogens with zero attached hydrogens (tertiary/aromatic N) is 2. The van der Waals surface area contributed by atoms with Crippen LogP contribution in [0.1, 0.15) is 24.1 Å². The van der Waals surface area contributed by atoms with E-state index in [0.717, 1.165) is 48.4 Å². The molecular formula is C19H27N5O. The van der Waals surface area contributed by atoms with E-state index < -0.39 is 0 Å². The highest BCUT2D eigenvalue weighted by Crippen LogP contribution is 2.27. The van der Waals surface area contributed by atoms with E-state index in [4.69, 9.17) is 4.74 Å². The van der Waals surface area contributed by atoms with E-state index in [1.807, 2.05) is 32.2 Å². The molecule has 1 aromatic carbocycles. The number of anilines is 3. The van der Waals surface area contributed by atoms with E-state index in [2.05, 4.69) is 32.0 Å². The molecule has 0 spiro atoms. The van der Waals surface area contributed by atoms with Gasteiger partial charge in [0, 0.05) is 24.5 Å². The van der Waals surface area contributed by atoms with Crippen LogP contribution < -0.4 is 20.7 Å². The molecule has 1 atom stereocenters. The van der Waals surface area contributed by atoms with Crippen molar-refractivity contribution in [2.45, 2.75) is 26.2 Å². The third-order valence-corrected chi connectivity index (χ3v) is 4.63. The van der Waals surface area contributed by atoms with Gasteiger partial charge in [-0.1, -0.05) is 0 Å². The smallest absolute Gasteiger partial charge is 0.229 e. The molecule has 0 unspecified atom stereocenters. The Labute approximate surface area is 149 Å². The monoisotopic (exact) mass is 341 g/mol. The summed E-state index contributed by atoms with van der Waals surface area (Å²) >= 11 is 0. The molecule has 1 saturated heterocycles. The number of methoxy groups -OCH3 is 1. The fourth-order valence-electron chi connectivity index (χ4n) is 3.25. The average Bonchev–Trinajstić information content (AvgIpc) is 3.13. The first-order chi connectivity index (χ1) is 12.2. The van der Waals surface area contributed by atoms with Gasteiger partial charge in [-0.3, -0.25) is 0 Å². The normalized spacial score (nSPS) is 16.7. The lowest BCUT2D eigenvalue weighted by atomic mass is 9.98. The van der Waals surface area contributed by atoms with E-state index >= 15 is 0 Å². The van der Waals surface area contributed by atoms with Gasteiger partial charge in [-0.2, -0.15) is 4.98 Å². The zero-order valence-corrected chi connectivity index (χ0v) is 15.2. The highest BCUT2D eigenvalue weighted by Gasteiger charge is 2.15. The Morgan fingerprint density at radius 2 is 2.16 bits per heavy atom. The SMILES string of the molecule is CNc1cc(C)nc(Nc2ccc(OC)c(CC[C@H]3CCNC3)c2)n1. The van der Waals surface area contributed by atoms with E-state index in [9.17, 15) is 0 Å². The van der Waals surface area contributed by atoms with Crippen LogP contribution in [0.5, 0.6) is 5.75 Å². The van der Waals surface area contributed by atoms with Crippen LogP contribution >= 0.6 is 0 Å². The lowest BCUT2D eigenvalue weighted by molar-refractivity contribution is 0.407. The van der Waals surface area contributed by atoms with Crippen molar-refractivity contribution in [2.24, 2.45) is 5.92 Å². The zero-order chi connectivity index (χ0) is 17.6. The highest BCUT2D eigenvalue weighted by molar-refractivity contribution is 5.58. The number of aryl methyl sites for hydroxylation is 2. The Morgan fingerprint density at radius 1 is 1.28 bits per heavy atom. The van der Waals surface area contributed by atoms with Crippen molar-refractivity contribution < 1.29 is 4.74 Å². The molecule has 6 heteroatoms. The van der Waals surface area contributed by atoms with Crippen molar-refractivity contribution in [1.29, 1.82) is 0 Å². The topological polar surface area (TPSA) is 71.1 Å². The summed E-state index contributed by atoms with van der Waals surface area (Å²) in [5, 5.41) is 9.80.